The zero-order valence-electron chi connectivity index (χ0n) is 7.44. The molecular formula is C8H14O3Si2. The SMILES string of the molecule is C=C[Si](O)(C=C)O[Si](O)(C=C)C=C. The normalized spacial score (nSPS) is 11.8. The molecule has 0 radical (unpaired) electrons. The Morgan fingerprint density at radius 2 is 1.00 bits per heavy atom. The van der Waals surface area contributed by atoms with Crippen LogP contribution in [0.5, 0.6) is 0 Å². The highest BCUT2D eigenvalue weighted by atomic mass is 28.5. The standard InChI is InChI=1S/C8H14O3Si2/c1-5-12(9,6-2)11-13(10,7-3)8-4/h5-10H,1-4H2. The van der Waals surface area contributed by atoms with Crippen molar-refractivity contribution in [3.63, 3.8) is 0 Å². The van der Waals surface area contributed by atoms with E-state index in [0.29, 0.717) is 0 Å². The molecule has 3 nitrogen and oxygen atoms in total. The Morgan fingerprint density at radius 1 is 0.769 bits per heavy atom. The summed E-state index contributed by atoms with van der Waals surface area (Å²) >= 11 is 0. The first-order chi connectivity index (χ1) is 5.95. The van der Waals surface area contributed by atoms with E-state index < -0.39 is 17.1 Å². The maximum absolute atomic E-state index is 9.69. The number of rotatable bonds is 6. The van der Waals surface area contributed by atoms with E-state index in [4.69, 9.17) is 4.12 Å². The van der Waals surface area contributed by atoms with Gasteiger partial charge in [-0.3, -0.25) is 0 Å². The molecule has 0 aliphatic heterocycles. The van der Waals surface area contributed by atoms with Crippen molar-refractivity contribution in [2.75, 3.05) is 0 Å². The highest BCUT2D eigenvalue weighted by molar-refractivity contribution is 6.89. The fourth-order valence-electron chi connectivity index (χ4n) is 0.595. The summed E-state index contributed by atoms with van der Waals surface area (Å²) in [5.41, 5.74) is 5.08. The molecule has 0 aromatic carbocycles. The van der Waals surface area contributed by atoms with Gasteiger partial charge >= 0.3 is 17.1 Å². The molecule has 2 N–H and O–H groups in total. The zero-order valence-corrected chi connectivity index (χ0v) is 9.44. The van der Waals surface area contributed by atoms with Gasteiger partial charge in [-0.1, -0.05) is 0 Å². The molecule has 0 spiro atoms. The van der Waals surface area contributed by atoms with Gasteiger partial charge in [0.05, 0.1) is 0 Å². The molecule has 0 aliphatic carbocycles. The summed E-state index contributed by atoms with van der Waals surface area (Å²) in [5.74, 6) is 0. The van der Waals surface area contributed by atoms with Crippen LogP contribution in [-0.2, 0) is 4.12 Å². The van der Waals surface area contributed by atoms with E-state index in [1.165, 1.54) is 22.8 Å². The third kappa shape index (κ3) is 3.25. The molecule has 0 aromatic heterocycles. The maximum atomic E-state index is 9.69. The third-order valence-corrected chi connectivity index (χ3v) is 6.45. The number of hydrogen-bond donors (Lipinski definition) is 2. The smallest absolute Gasteiger partial charge is 0.379 e. The topological polar surface area (TPSA) is 49.7 Å². The fourth-order valence-corrected chi connectivity index (χ4v) is 4.36. The summed E-state index contributed by atoms with van der Waals surface area (Å²) in [6.45, 7) is 13.7. The Labute approximate surface area is 80.5 Å². The van der Waals surface area contributed by atoms with Crippen LogP contribution >= 0.6 is 0 Å². The van der Waals surface area contributed by atoms with Crippen molar-refractivity contribution in [3.8, 4) is 0 Å². The Kier molecular flexibility index (Phi) is 4.24. The molecule has 72 valence electrons. The first kappa shape index (κ1) is 12.3. The molecule has 0 saturated carbocycles. The second-order valence-corrected chi connectivity index (χ2v) is 7.88. The third-order valence-electron chi connectivity index (χ3n) is 1.50. The minimum Gasteiger partial charge on any atom is -0.405 e. The van der Waals surface area contributed by atoms with Crippen LogP contribution < -0.4 is 0 Å². The zero-order chi connectivity index (χ0) is 10.5. The lowest BCUT2D eigenvalue weighted by atomic mass is 11.2. The molecule has 0 unspecified atom stereocenters. The maximum Gasteiger partial charge on any atom is 0.379 e. The lowest BCUT2D eigenvalue weighted by Gasteiger charge is -2.25. The van der Waals surface area contributed by atoms with Crippen molar-refractivity contribution in [1.82, 2.24) is 0 Å². The molecule has 0 heterocycles. The quantitative estimate of drug-likeness (QED) is 0.642. The summed E-state index contributed by atoms with van der Waals surface area (Å²) in [4.78, 5) is 19.4. The largest absolute Gasteiger partial charge is 0.405 e. The van der Waals surface area contributed by atoms with Crippen LogP contribution in [0.1, 0.15) is 0 Å². The van der Waals surface area contributed by atoms with Gasteiger partial charge in [-0.15, -0.1) is 26.3 Å². The lowest BCUT2D eigenvalue weighted by Crippen LogP contribution is -2.48. The van der Waals surface area contributed by atoms with Crippen molar-refractivity contribution in [2.45, 2.75) is 0 Å². The summed E-state index contributed by atoms with van der Waals surface area (Å²) in [5, 5.41) is 0. The van der Waals surface area contributed by atoms with Crippen LogP contribution in [0, 0.1) is 0 Å². The van der Waals surface area contributed by atoms with Gasteiger partial charge in [0.1, 0.15) is 0 Å². The van der Waals surface area contributed by atoms with E-state index in [9.17, 15) is 9.59 Å². The summed E-state index contributed by atoms with van der Waals surface area (Å²) in [7, 11) is -6.36. The van der Waals surface area contributed by atoms with E-state index in [-0.39, 0.29) is 0 Å². The van der Waals surface area contributed by atoms with Crippen molar-refractivity contribution < 1.29 is 13.7 Å². The van der Waals surface area contributed by atoms with Gasteiger partial charge in [-0.2, -0.15) is 0 Å². The summed E-state index contributed by atoms with van der Waals surface area (Å²) in [6.07, 6.45) is 0. The molecule has 0 saturated heterocycles. The van der Waals surface area contributed by atoms with Crippen molar-refractivity contribution in [3.05, 3.63) is 49.1 Å². The van der Waals surface area contributed by atoms with E-state index in [1.807, 2.05) is 0 Å². The van der Waals surface area contributed by atoms with Gasteiger partial charge in [0.2, 0.25) is 0 Å². The van der Waals surface area contributed by atoms with Crippen LogP contribution in [0.25, 0.3) is 0 Å². The van der Waals surface area contributed by atoms with Crippen molar-refractivity contribution in [1.29, 1.82) is 0 Å². The fraction of sp³-hybridized carbons (Fsp3) is 0. The first-order valence-corrected chi connectivity index (χ1v) is 7.66. The van der Waals surface area contributed by atoms with E-state index >= 15 is 0 Å². The van der Waals surface area contributed by atoms with Gasteiger partial charge in [0.25, 0.3) is 0 Å². The van der Waals surface area contributed by atoms with Gasteiger partial charge in [0.15, 0.2) is 0 Å². The number of hydrogen-bond acceptors (Lipinski definition) is 3. The van der Waals surface area contributed by atoms with Crippen LogP contribution in [-0.4, -0.2) is 26.7 Å². The predicted molar refractivity (Wildman–Crippen MR) is 57.8 cm³/mol. The minimum atomic E-state index is -3.18. The van der Waals surface area contributed by atoms with E-state index in [1.54, 1.807) is 0 Å². The van der Waals surface area contributed by atoms with Crippen LogP contribution in [0.2, 0.25) is 0 Å². The minimum absolute atomic E-state index is 1.27. The monoisotopic (exact) mass is 214 g/mol. The van der Waals surface area contributed by atoms with Crippen LogP contribution in [0.15, 0.2) is 49.1 Å². The van der Waals surface area contributed by atoms with Crippen molar-refractivity contribution in [2.24, 2.45) is 0 Å². The molecule has 5 heteroatoms. The average molecular weight is 214 g/mol. The average Bonchev–Trinajstić information content (AvgIpc) is 2.17. The first-order valence-electron chi connectivity index (χ1n) is 3.64. The van der Waals surface area contributed by atoms with E-state index in [0.717, 1.165) is 0 Å². The Morgan fingerprint density at radius 3 is 1.15 bits per heavy atom. The van der Waals surface area contributed by atoms with E-state index in [2.05, 4.69) is 26.3 Å². The Bertz CT molecular complexity index is 198. The van der Waals surface area contributed by atoms with Crippen LogP contribution in [0.4, 0.5) is 0 Å². The molecule has 0 aliphatic rings. The molecule has 0 aromatic rings. The van der Waals surface area contributed by atoms with Crippen molar-refractivity contribution >= 4 is 17.1 Å². The molecule has 0 atom stereocenters. The summed E-state index contributed by atoms with van der Waals surface area (Å²) in [6, 6.07) is 0. The molecular weight excluding hydrogens is 200 g/mol. The van der Waals surface area contributed by atoms with Crippen LogP contribution in [0.3, 0.4) is 0 Å². The predicted octanol–water partition coefficient (Wildman–Crippen LogP) is 0.773. The lowest BCUT2D eigenvalue weighted by molar-refractivity contribution is 0.342. The summed E-state index contributed by atoms with van der Waals surface area (Å²) < 4.78 is 5.14. The molecule has 13 heavy (non-hydrogen) atoms. The molecule has 0 rings (SSSR count). The molecule has 0 bridgehead atoms. The molecule has 0 fully saturated rings. The van der Waals surface area contributed by atoms with Gasteiger partial charge in [0, 0.05) is 0 Å². The second kappa shape index (κ2) is 4.49. The second-order valence-electron chi connectivity index (χ2n) is 2.42. The van der Waals surface area contributed by atoms with Gasteiger partial charge < -0.3 is 13.7 Å². The van der Waals surface area contributed by atoms with Gasteiger partial charge in [-0.25, -0.2) is 0 Å². The highest BCUT2D eigenvalue weighted by Gasteiger charge is 2.37. The molecule has 0 amide bonds. The highest BCUT2D eigenvalue weighted by Crippen LogP contribution is 2.13. The van der Waals surface area contributed by atoms with Gasteiger partial charge in [-0.05, 0) is 22.8 Å². The Balaban J connectivity index is 4.74. The Hall–Kier alpha value is -0.726.